The van der Waals surface area contributed by atoms with E-state index >= 15 is 0 Å². The minimum Gasteiger partial charge on any atom is -0.507 e. The SMILES string of the molecule is Cc1ccc(O)c(C(=O)NCCN2[C@H](C)CC[C@@H]3CCCC[C@H]32)c1. The van der Waals surface area contributed by atoms with Crippen LogP contribution in [0.2, 0.25) is 0 Å². The number of nitrogens with zero attached hydrogens (tertiary/aromatic N) is 1. The van der Waals surface area contributed by atoms with Crippen molar-refractivity contribution in [2.45, 2.75) is 64.5 Å². The smallest absolute Gasteiger partial charge is 0.255 e. The van der Waals surface area contributed by atoms with Crippen molar-refractivity contribution in [1.82, 2.24) is 10.2 Å². The lowest BCUT2D eigenvalue weighted by molar-refractivity contribution is 0.0230. The largest absolute Gasteiger partial charge is 0.507 e. The summed E-state index contributed by atoms with van der Waals surface area (Å²) in [5.74, 6) is 0.726. The minimum atomic E-state index is -0.180. The lowest BCUT2D eigenvalue weighted by Gasteiger charge is -2.47. The van der Waals surface area contributed by atoms with Gasteiger partial charge in [0.2, 0.25) is 0 Å². The molecule has 1 aliphatic heterocycles. The van der Waals surface area contributed by atoms with E-state index < -0.39 is 0 Å². The van der Waals surface area contributed by atoms with E-state index in [1.807, 2.05) is 13.0 Å². The van der Waals surface area contributed by atoms with E-state index in [4.69, 9.17) is 0 Å². The van der Waals surface area contributed by atoms with Crippen LogP contribution >= 0.6 is 0 Å². The third-order valence-electron chi connectivity index (χ3n) is 5.87. The minimum absolute atomic E-state index is 0.0526. The zero-order chi connectivity index (χ0) is 17.1. The van der Waals surface area contributed by atoms with Gasteiger partial charge in [0.05, 0.1) is 5.56 Å². The molecule has 3 atom stereocenters. The van der Waals surface area contributed by atoms with Gasteiger partial charge in [-0.15, -0.1) is 0 Å². The Hall–Kier alpha value is -1.55. The maximum atomic E-state index is 12.3. The maximum absolute atomic E-state index is 12.3. The lowest BCUT2D eigenvalue weighted by atomic mass is 9.76. The van der Waals surface area contributed by atoms with Crippen molar-refractivity contribution in [2.24, 2.45) is 5.92 Å². The van der Waals surface area contributed by atoms with Gasteiger partial charge in [-0.25, -0.2) is 0 Å². The van der Waals surface area contributed by atoms with Gasteiger partial charge in [0, 0.05) is 25.2 Å². The van der Waals surface area contributed by atoms with Crippen LogP contribution in [-0.4, -0.2) is 41.1 Å². The quantitative estimate of drug-likeness (QED) is 0.889. The van der Waals surface area contributed by atoms with Crippen molar-refractivity contribution in [3.8, 4) is 5.75 Å². The molecule has 1 amide bonds. The van der Waals surface area contributed by atoms with Crippen LogP contribution in [0, 0.1) is 12.8 Å². The molecule has 1 aliphatic carbocycles. The number of fused-ring (bicyclic) bond motifs is 1. The maximum Gasteiger partial charge on any atom is 0.255 e. The topological polar surface area (TPSA) is 52.6 Å². The van der Waals surface area contributed by atoms with Crippen molar-refractivity contribution in [2.75, 3.05) is 13.1 Å². The fourth-order valence-corrected chi connectivity index (χ4v) is 4.52. The van der Waals surface area contributed by atoms with E-state index in [9.17, 15) is 9.90 Å². The Balaban J connectivity index is 1.56. The van der Waals surface area contributed by atoms with Gasteiger partial charge in [0.15, 0.2) is 0 Å². The van der Waals surface area contributed by atoms with Crippen molar-refractivity contribution in [3.05, 3.63) is 29.3 Å². The van der Waals surface area contributed by atoms with Crippen LogP contribution in [0.5, 0.6) is 5.75 Å². The molecule has 132 valence electrons. The first-order valence-corrected chi connectivity index (χ1v) is 9.40. The first-order chi connectivity index (χ1) is 11.6. The van der Waals surface area contributed by atoms with Gasteiger partial charge in [0.25, 0.3) is 5.91 Å². The number of nitrogens with one attached hydrogen (secondary N) is 1. The molecular formula is C20H30N2O2. The first-order valence-electron chi connectivity index (χ1n) is 9.40. The molecule has 0 aromatic heterocycles. The number of hydrogen-bond acceptors (Lipinski definition) is 3. The van der Waals surface area contributed by atoms with E-state index in [-0.39, 0.29) is 11.7 Å². The fraction of sp³-hybridized carbons (Fsp3) is 0.650. The summed E-state index contributed by atoms with van der Waals surface area (Å²) in [6.45, 7) is 5.79. The zero-order valence-electron chi connectivity index (χ0n) is 14.9. The van der Waals surface area contributed by atoms with Crippen LogP contribution in [0.15, 0.2) is 18.2 Å². The highest BCUT2D eigenvalue weighted by atomic mass is 16.3. The molecule has 4 nitrogen and oxygen atoms in total. The van der Waals surface area contributed by atoms with E-state index in [2.05, 4.69) is 17.1 Å². The van der Waals surface area contributed by atoms with Gasteiger partial charge in [0.1, 0.15) is 5.75 Å². The summed E-state index contributed by atoms with van der Waals surface area (Å²) in [6.07, 6.45) is 8.04. The molecule has 0 spiro atoms. The summed E-state index contributed by atoms with van der Waals surface area (Å²) < 4.78 is 0. The number of piperidine rings is 1. The Kier molecular flexibility index (Phi) is 5.44. The van der Waals surface area contributed by atoms with Crippen LogP contribution in [0.25, 0.3) is 0 Å². The van der Waals surface area contributed by atoms with Gasteiger partial charge in [-0.05, 0) is 57.6 Å². The fourth-order valence-electron chi connectivity index (χ4n) is 4.52. The summed E-state index contributed by atoms with van der Waals surface area (Å²) in [4.78, 5) is 14.9. The van der Waals surface area contributed by atoms with E-state index in [1.54, 1.807) is 12.1 Å². The molecule has 1 saturated heterocycles. The molecule has 1 aromatic rings. The van der Waals surface area contributed by atoms with Crippen molar-refractivity contribution in [3.63, 3.8) is 0 Å². The molecule has 2 aliphatic rings. The number of aromatic hydroxyl groups is 1. The highest BCUT2D eigenvalue weighted by molar-refractivity contribution is 5.96. The van der Waals surface area contributed by atoms with Gasteiger partial charge < -0.3 is 10.4 Å². The Bertz CT molecular complexity index is 587. The van der Waals surface area contributed by atoms with Gasteiger partial charge in [-0.3, -0.25) is 9.69 Å². The number of hydrogen-bond donors (Lipinski definition) is 2. The molecule has 1 heterocycles. The Morgan fingerprint density at radius 2 is 2.04 bits per heavy atom. The Labute approximate surface area is 145 Å². The van der Waals surface area contributed by atoms with Crippen molar-refractivity contribution in [1.29, 1.82) is 0 Å². The first kappa shape index (κ1) is 17.3. The number of phenols is 1. The van der Waals surface area contributed by atoms with Crippen LogP contribution in [0.4, 0.5) is 0 Å². The number of benzene rings is 1. The summed E-state index contributed by atoms with van der Waals surface area (Å²) in [5.41, 5.74) is 1.35. The van der Waals surface area contributed by atoms with Crippen LogP contribution in [0.1, 0.15) is 61.4 Å². The molecule has 4 heteroatoms. The molecule has 2 N–H and O–H groups in total. The van der Waals surface area contributed by atoms with Crippen LogP contribution in [-0.2, 0) is 0 Å². The average molecular weight is 330 g/mol. The molecule has 24 heavy (non-hydrogen) atoms. The number of rotatable bonds is 4. The highest BCUT2D eigenvalue weighted by Crippen LogP contribution is 2.37. The number of carbonyl (C=O) groups is 1. The Morgan fingerprint density at radius 3 is 2.88 bits per heavy atom. The second kappa shape index (κ2) is 7.56. The van der Waals surface area contributed by atoms with E-state index in [1.165, 1.54) is 38.5 Å². The zero-order valence-corrected chi connectivity index (χ0v) is 14.9. The second-order valence-electron chi connectivity index (χ2n) is 7.55. The lowest BCUT2D eigenvalue weighted by Crippen LogP contribution is -2.53. The monoisotopic (exact) mass is 330 g/mol. The van der Waals surface area contributed by atoms with Gasteiger partial charge in [-0.2, -0.15) is 0 Å². The number of phenolic OH excluding ortho intramolecular Hbond substituents is 1. The number of likely N-dealkylation sites (tertiary alicyclic amines) is 1. The molecule has 0 bridgehead atoms. The summed E-state index contributed by atoms with van der Waals surface area (Å²) in [5, 5.41) is 12.9. The summed E-state index contributed by atoms with van der Waals surface area (Å²) in [6, 6.07) is 6.44. The van der Waals surface area contributed by atoms with Gasteiger partial charge in [-0.1, -0.05) is 24.5 Å². The predicted molar refractivity (Wildman–Crippen MR) is 96.3 cm³/mol. The molecular weight excluding hydrogens is 300 g/mol. The van der Waals surface area contributed by atoms with Crippen LogP contribution < -0.4 is 5.32 Å². The van der Waals surface area contributed by atoms with Crippen molar-refractivity contribution < 1.29 is 9.90 Å². The normalized spacial score (nSPS) is 27.5. The molecule has 0 unspecified atom stereocenters. The predicted octanol–water partition coefficient (Wildman–Crippen LogP) is 3.47. The van der Waals surface area contributed by atoms with Crippen molar-refractivity contribution >= 4 is 5.91 Å². The number of aryl methyl sites for hydroxylation is 1. The van der Waals surface area contributed by atoms with Gasteiger partial charge >= 0.3 is 0 Å². The second-order valence-corrected chi connectivity index (χ2v) is 7.55. The van der Waals surface area contributed by atoms with E-state index in [0.717, 1.165) is 18.0 Å². The average Bonchev–Trinajstić information content (AvgIpc) is 2.59. The molecule has 1 saturated carbocycles. The molecule has 3 rings (SSSR count). The number of amides is 1. The molecule has 0 radical (unpaired) electrons. The van der Waals surface area contributed by atoms with Crippen LogP contribution in [0.3, 0.4) is 0 Å². The molecule has 1 aromatic carbocycles. The summed E-state index contributed by atoms with van der Waals surface area (Å²) >= 11 is 0. The highest BCUT2D eigenvalue weighted by Gasteiger charge is 2.36. The third-order valence-corrected chi connectivity index (χ3v) is 5.87. The van der Waals surface area contributed by atoms with E-state index in [0.29, 0.717) is 24.2 Å². The summed E-state index contributed by atoms with van der Waals surface area (Å²) in [7, 11) is 0. The third kappa shape index (κ3) is 3.75. The standard InChI is InChI=1S/C20H30N2O2/c1-14-7-10-19(23)17(13-14)20(24)21-11-12-22-15(2)8-9-16-5-3-4-6-18(16)22/h7,10,13,15-16,18,23H,3-6,8-9,11-12H2,1-2H3,(H,21,24)/t15-,16+,18-/m1/s1. The Morgan fingerprint density at radius 1 is 1.25 bits per heavy atom. The molecule has 2 fully saturated rings. The number of carbonyl (C=O) groups excluding carboxylic acids is 1.